The second kappa shape index (κ2) is 6.63. The molecule has 0 saturated carbocycles. The van der Waals surface area contributed by atoms with Crippen molar-refractivity contribution in [2.24, 2.45) is 11.3 Å². The molecule has 0 aliphatic carbocycles. The number of rotatable bonds is 3. The van der Waals surface area contributed by atoms with Gasteiger partial charge in [0, 0.05) is 26.1 Å². The van der Waals surface area contributed by atoms with Crippen LogP contribution in [0.4, 0.5) is 0 Å². The Labute approximate surface area is 142 Å². The van der Waals surface area contributed by atoms with Gasteiger partial charge in [-0.15, -0.1) is 0 Å². The van der Waals surface area contributed by atoms with Crippen LogP contribution in [0.2, 0.25) is 0 Å². The number of nitrogens with zero attached hydrogens (tertiary/aromatic N) is 1. The molecule has 7 nitrogen and oxygen atoms in total. The highest BCUT2D eigenvalue weighted by molar-refractivity contribution is 7.91. The molecule has 3 rings (SSSR count). The van der Waals surface area contributed by atoms with Crippen molar-refractivity contribution in [1.29, 1.82) is 0 Å². The maximum Gasteiger partial charge on any atom is 0.320 e. The van der Waals surface area contributed by atoms with Crippen molar-refractivity contribution in [3.63, 3.8) is 0 Å². The molecule has 3 aliphatic heterocycles. The maximum atomic E-state index is 12.5. The van der Waals surface area contributed by atoms with Crippen LogP contribution in [0.5, 0.6) is 0 Å². The minimum Gasteiger partial charge on any atom is -0.480 e. The van der Waals surface area contributed by atoms with Gasteiger partial charge in [0.15, 0.2) is 0 Å². The Bertz CT molecular complexity index is 596. The van der Waals surface area contributed by atoms with Gasteiger partial charge < -0.3 is 15.3 Å². The first-order chi connectivity index (χ1) is 11.3. The molecular formula is C16H26N2O5S. The van der Waals surface area contributed by atoms with Gasteiger partial charge in [0.25, 0.3) is 0 Å². The summed E-state index contributed by atoms with van der Waals surface area (Å²) in [6, 6.07) is -0.462. The van der Waals surface area contributed by atoms with Gasteiger partial charge >= 0.3 is 5.97 Å². The quantitative estimate of drug-likeness (QED) is 0.750. The van der Waals surface area contributed by atoms with Gasteiger partial charge in [-0.3, -0.25) is 9.59 Å². The summed E-state index contributed by atoms with van der Waals surface area (Å²) in [7, 11) is -2.88. The van der Waals surface area contributed by atoms with E-state index in [4.69, 9.17) is 5.11 Å². The SMILES string of the molecule is O=C(O)C1CC2(CCN(C(=O)CC3CCS(=O)(=O)CC3)CC2)CN1. The summed E-state index contributed by atoms with van der Waals surface area (Å²) < 4.78 is 22.9. The molecule has 0 aromatic rings. The van der Waals surface area contributed by atoms with Crippen molar-refractivity contribution in [3.8, 4) is 0 Å². The summed E-state index contributed by atoms with van der Waals surface area (Å²) in [6.07, 6.45) is 3.96. The van der Waals surface area contributed by atoms with Crippen molar-refractivity contribution in [2.75, 3.05) is 31.1 Å². The first-order valence-corrected chi connectivity index (χ1v) is 10.6. The number of piperidine rings is 1. The lowest BCUT2D eigenvalue weighted by molar-refractivity contribution is -0.140. The van der Waals surface area contributed by atoms with E-state index < -0.39 is 21.8 Å². The minimum absolute atomic E-state index is 0.0127. The number of aliphatic carboxylic acids is 1. The maximum absolute atomic E-state index is 12.5. The number of likely N-dealkylation sites (tertiary alicyclic amines) is 1. The highest BCUT2D eigenvalue weighted by Gasteiger charge is 2.44. The molecule has 1 amide bonds. The zero-order valence-electron chi connectivity index (χ0n) is 13.9. The minimum atomic E-state index is -2.88. The first kappa shape index (κ1) is 17.7. The van der Waals surface area contributed by atoms with Crippen LogP contribution in [-0.2, 0) is 19.4 Å². The number of amides is 1. The Kier molecular flexibility index (Phi) is 4.88. The predicted octanol–water partition coefficient (Wildman–Crippen LogP) is 0.257. The molecule has 24 heavy (non-hydrogen) atoms. The standard InChI is InChI=1S/C16H26N2O5S/c19-14(9-12-1-7-24(22,23)8-2-12)18-5-3-16(4-6-18)10-13(15(20)21)17-11-16/h12-13,17H,1-11H2,(H,20,21). The number of carbonyl (C=O) groups is 2. The Morgan fingerprint density at radius 3 is 2.33 bits per heavy atom. The van der Waals surface area contributed by atoms with Crippen LogP contribution in [0.1, 0.15) is 38.5 Å². The number of hydrogen-bond donors (Lipinski definition) is 2. The van der Waals surface area contributed by atoms with E-state index in [1.54, 1.807) is 0 Å². The van der Waals surface area contributed by atoms with Gasteiger partial charge in [-0.2, -0.15) is 0 Å². The summed E-state index contributed by atoms with van der Waals surface area (Å²) in [5.74, 6) is -0.0824. The lowest BCUT2D eigenvalue weighted by Crippen LogP contribution is -2.44. The highest BCUT2D eigenvalue weighted by Crippen LogP contribution is 2.39. The summed E-state index contributed by atoms with van der Waals surface area (Å²) in [6.45, 7) is 2.07. The number of sulfone groups is 1. The van der Waals surface area contributed by atoms with Gasteiger partial charge in [-0.25, -0.2) is 8.42 Å². The summed E-state index contributed by atoms with van der Waals surface area (Å²) in [5.41, 5.74) is 0.0127. The lowest BCUT2D eigenvalue weighted by Gasteiger charge is -2.39. The average molecular weight is 358 g/mol. The van der Waals surface area contributed by atoms with Gasteiger partial charge in [0.05, 0.1) is 11.5 Å². The molecule has 2 N–H and O–H groups in total. The molecule has 3 aliphatic rings. The second-order valence-corrected chi connectivity index (χ2v) is 9.96. The fraction of sp³-hybridized carbons (Fsp3) is 0.875. The molecule has 0 aromatic carbocycles. The van der Waals surface area contributed by atoms with Crippen LogP contribution >= 0.6 is 0 Å². The van der Waals surface area contributed by atoms with E-state index in [0.29, 0.717) is 45.3 Å². The molecule has 0 radical (unpaired) electrons. The van der Waals surface area contributed by atoms with Gasteiger partial charge in [0.1, 0.15) is 15.9 Å². The number of hydrogen-bond acceptors (Lipinski definition) is 5. The number of nitrogens with one attached hydrogen (secondary N) is 1. The third-order valence-electron chi connectivity index (χ3n) is 5.97. The van der Waals surface area contributed by atoms with Crippen molar-refractivity contribution >= 4 is 21.7 Å². The van der Waals surface area contributed by atoms with Crippen LogP contribution in [0.25, 0.3) is 0 Å². The van der Waals surface area contributed by atoms with E-state index in [1.807, 2.05) is 4.90 Å². The molecule has 3 fully saturated rings. The molecule has 136 valence electrons. The predicted molar refractivity (Wildman–Crippen MR) is 88.3 cm³/mol. The number of carboxylic acid groups (broad SMARTS) is 1. The molecule has 8 heteroatoms. The lowest BCUT2D eigenvalue weighted by atomic mass is 9.76. The number of carbonyl (C=O) groups excluding carboxylic acids is 1. The summed E-state index contributed by atoms with van der Waals surface area (Å²) in [4.78, 5) is 25.4. The molecule has 1 unspecified atom stereocenters. The van der Waals surface area contributed by atoms with E-state index in [2.05, 4.69) is 5.32 Å². The normalized spacial score (nSPS) is 29.7. The van der Waals surface area contributed by atoms with E-state index in [9.17, 15) is 18.0 Å². The Hall–Kier alpha value is -1.15. The van der Waals surface area contributed by atoms with Crippen molar-refractivity contribution in [2.45, 2.75) is 44.6 Å². The van der Waals surface area contributed by atoms with E-state index in [-0.39, 0.29) is 28.7 Å². The largest absolute Gasteiger partial charge is 0.480 e. The van der Waals surface area contributed by atoms with Crippen LogP contribution in [0.15, 0.2) is 0 Å². The summed E-state index contributed by atoms with van der Waals surface area (Å²) >= 11 is 0. The fourth-order valence-electron chi connectivity index (χ4n) is 4.22. The molecule has 0 bridgehead atoms. The molecule has 1 spiro atoms. The summed E-state index contributed by atoms with van der Waals surface area (Å²) in [5, 5.41) is 12.2. The zero-order chi connectivity index (χ0) is 17.4. The fourth-order valence-corrected chi connectivity index (χ4v) is 5.81. The molecule has 3 heterocycles. The van der Waals surface area contributed by atoms with E-state index in [0.717, 1.165) is 12.8 Å². The van der Waals surface area contributed by atoms with Crippen molar-refractivity contribution in [1.82, 2.24) is 10.2 Å². The zero-order valence-corrected chi connectivity index (χ0v) is 14.7. The van der Waals surface area contributed by atoms with E-state index in [1.165, 1.54) is 0 Å². The second-order valence-electron chi connectivity index (χ2n) is 7.66. The molecule has 3 saturated heterocycles. The Balaban J connectivity index is 1.47. The van der Waals surface area contributed by atoms with Crippen molar-refractivity contribution < 1.29 is 23.1 Å². The van der Waals surface area contributed by atoms with Gasteiger partial charge in [-0.05, 0) is 43.4 Å². The third kappa shape index (κ3) is 3.91. The topological polar surface area (TPSA) is 104 Å². The highest BCUT2D eigenvalue weighted by atomic mass is 32.2. The van der Waals surface area contributed by atoms with Gasteiger partial charge in [0.2, 0.25) is 5.91 Å². The average Bonchev–Trinajstić information content (AvgIpc) is 2.94. The molecule has 1 atom stereocenters. The van der Waals surface area contributed by atoms with Crippen LogP contribution in [0, 0.1) is 11.3 Å². The van der Waals surface area contributed by atoms with E-state index >= 15 is 0 Å². The Morgan fingerprint density at radius 1 is 1.17 bits per heavy atom. The van der Waals surface area contributed by atoms with Crippen LogP contribution < -0.4 is 5.32 Å². The van der Waals surface area contributed by atoms with Gasteiger partial charge in [-0.1, -0.05) is 0 Å². The first-order valence-electron chi connectivity index (χ1n) is 8.73. The van der Waals surface area contributed by atoms with Crippen LogP contribution in [0.3, 0.4) is 0 Å². The molecular weight excluding hydrogens is 332 g/mol. The van der Waals surface area contributed by atoms with Crippen LogP contribution in [-0.4, -0.2) is 67.5 Å². The third-order valence-corrected chi connectivity index (χ3v) is 7.69. The smallest absolute Gasteiger partial charge is 0.320 e. The number of carboxylic acids is 1. The van der Waals surface area contributed by atoms with Crippen molar-refractivity contribution in [3.05, 3.63) is 0 Å². The molecule has 0 aromatic heterocycles. The Morgan fingerprint density at radius 2 is 1.79 bits per heavy atom. The monoisotopic (exact) mass is 358 g/mol.